The second-order valence-electron chi connectivity index (χ2n) is 15.7. The molecule has 1 saturated heterocycles. The number of azo groups is 1. The van der Waals surface area contributed by atoms with Crippen molar-refractivity contribution in [3.8, 4) is 16.5 Å². The molecule has 0 spiro atoms. The molecule has 21 heteroatoms. The second-order valence-corrected chi connectivity index (χ2v) is 17.3. The Morgan fingerprint density at radius 3 is 2.54 bits per heavy atom. The van der Waals surface area contributed by atoms with Crippen molar-refractivity contribution in [1.82, 2.24) is 40.7 Å². The second kappa shape index (κ2) is 17.8. The van der Waals surface area contributed by atoms with Crippen molar-refractivity contribution in [2.24, 2.45) is 15.2 Å². The van der Waals surface area contributed by atoms with Gasteiger partial charge in [0.1, 0.15) is 40.7 Å². The molecule has 334 valence electrons. The maximum atomic E-state index is 13.5. The lowest BCUT2D eigenvalue weighted by atomic mass is 9.99. The monoisotopic (exact) mass is 918 g/mol. The average Bonchev–Trinajstić information content (AvgIpc) is 3.91. The van der Waals surface area contributed by atoms with Gasteiger partial charge in [-0.05, 0) is 50.6 Å². The van der Waals surface area contributed by atoms with Crippen LogP contribution in [0.2, 0.25) is 5.02 Å². The first-order valence-corrected chi connectivity index (χ1v) is 22.0. The van der Waals surface area contributed by atoms with E-state index in [1.54, 1.807) is 41.7 Å². The van der Waals surface area contributed by atoms with Gasteiger partial charge < -0.3 is 25.0 Å². The molecule has 6 heterocycles. The van der Waals surface area contributed by atoms with Gasteiger partial charge >= 0.3 is 6.03 Å². The summed E-state index contributed by atoms with van der Waals surface area (Å²) in [6, 6.07) is 14.6. The summed E-state index contributed by atoms with van der Waals surface area (Å²) in [4.78, 5) is 72.4. The Kier molecular flexibility index (Phi) is 11.8. The minimum Gasteiger partial charge on any atom is -0.494 e. The lowest BCUT2D eigenvalue weighted by molar-refractivity contribution is -0.123. The molecule has 0 aliphatic carbocycles. The molecule has 0 saturated carbocycles. The van der Waals surface area contributed by atoms with E-state index in [9.17, 15) is 24.0 Å². The third kappa shape index (κ3) is 8.37. The fraction of sp³-hybridized carbons (Fsp3) is 0.318. The van der Waals surface area contributed by atoms with Crippen LogP contribution in [-0.4, -0.2) is 107 Å². The third-order valence-corrected chi connectivity index (χ3v) is 13.0. The molecule has 1 fully saturated rings. The highest BCUT2D eigenvalue weighted by Gasteiger charge is 2.38. The van der Waals surface area contributed by atoms with Crippen molar-refractivity contribution in [3.63, 3.8) is 0 Å². The molecular weight excluding hydrogens is 876 g/mol. The number of urea groups is 1. The number of anilines is 1. The topological polar surface area (TPSA) is 217 Å². The van der Waals surface area contributed by atoms with Crippen molar-refractivity contribution in [1.29, 1.82) is 0 Å². The number of thiophene rings is 1. The number of nitrogens with zero attached hydrogens (tertiary/aromatic N) is 9. The smallest absolute Gasteiger partial charge is 0.342 e. The number of rotatable bonds is 12. The predicted molar refractivity (Wildman–Crippen MR) is 240 cm³/mol. The Hall–Kier alpha value is -7.19. The molecule has 19 nitrogen and oxygen atoms in total. The van der Waals surface area contributed by atoms with E-state index in [4.69, 9.17) is 26.1 Å². The minimum absolute atomic E-state index is 0.00625. The van der Waals surface area contributed by atoms with Gasteiger partial charge in [0.15, 0.2) is 5.82 Å². The molecule has 65 heavy (non-hydrogen) atoms. The number of aliphatic imine (C=N–C) groups is 1. The van der Waals surface area contributed by atoms with Crippen LogP contribution >= 0.6 is 22.9 Å². The molecule has 1 atom stereocenters. The average molecular weight is 919 g/mol. The number of hydrogen-bond donors (Lipinski definition) is 3. The Balaban J connectivity index is 0.827. The van der Waals surface area contributed by atoms with E-state index in [0.717, 1.165) is 32.3 Å². The van der Waals surface area contributed by atoms with Crippen LogP contribution in [0.4, 0.5) is 21.9 Å². The number of hydrogen-bond acceptors (Lipinski definition) is 14. The number of nitrogens with one attached hydrogen (secondary N) is 3. The number of imide groups is 1. The molecule has 0 radical (unpaired) electrons. The normalized spacial score (nSPS) is 16.6. The van der Waals surface area contributed by atoms with E-state index in [0.29, 0.717) is 69.5 Å². The summed E-state index contributed by atoms with van der Waals surface area (Å²) < 4.78 is 13.7. The van der Waals surface area contributed by atoms with E-state index in [-0.39, 0.29) is 63.3 Å². The Labute approximate surface area is 381 Å². The fourth-order valence-corrected chi connectivity index (χ4v) is 9.58. The summed E-state index contributed by atoms with van der Waals surface area (Å²) in [5.41, 5.74) is 6.08. The molecule has 6 amide bonds. The number of hydrazine groups is 1. The van der Waals surface area contributed by atoms with Crippen LogP contribution < -0.4 is 30.3 Å². The highest BCUT2D eigenvalue weighted by atomic mass is 35.5. The van der Waals surface area contributed by atoms with Crippen LogP contribution in [0.1, 0.15) is 68.0 Å². The Morgan fingerprint density at radius 2 is 1.77 bits per heavy atom. The van der Waals surface area contributed by atoms with Crippen LogP contribution in [-0.2, 0) is 20.9 Å². The highest BCUT2D eigenvalue weighted by molar-refractivity contribution is 7.15. The molecule has 3 aromatic carbocycles. The Bertz CT molecular complexity index is 2820. The molecule has 4 aliphatic heterocycles. The summed E-state index contributed by atoms with van der Waals surface area (Å²) in [6.45, 7) is 7.26. The number of aryl methyl sites for hydroxylation is 2. The quantitative estimate of drug-likeness (QED) is 0.105. The zero-order chi connectivity index (χ0) is 45.5. The molecule has 0 bridgehead atoms. The van der Waals surface area contributed by atoms with E-state index in [2.05, 4.69) is 50.2 Å². The number of carbonyl (C=O) groups is 5. The SMILES string of the molecule is COc1cc(/N=N\c2cccc3c2CN(N2CCC(=O)NC2=O)C3=O)cc2c1N(CC(=O)NCCNC(=O)C[C@@H]1N=C(c3ccc(Cl)cc3)c3c(sc(C)c3C)-n3c(C)nnc31)CCO2. The van der Waals surface area contributed by atoms with Gasteiger partial charge in [-0.15, -0.1) is 21.5 Å². The molecule has 5 aromatic rings. The first-order chi connectivity index (χ1) is 31.4. The molecule has 0 unspecified atom stereocenters. The number of amides is 6. The zero-order valence-electron chi connectivity index (χ0n) is 35.8. The van der Waals surface area contributed by atoms with Crippen molar-refractivity contribution in [3.05, 3.63) is 104 Å². The number of benzene rings is 3. The number of halogens is 1. The van der Waals surface area contributed by atoms with Crippen molar-refractivity contribution < 1.29 is 33.4 Å². The number of fused-ring (bicyclic) bond motifs is 5. The number of ether oxygens (including phenoxy) is 2. The van der Waals surface area contributed by atoms with E-state index >= 15 is 0 Å². The minimum atomic E-state index is -0.657. The van der Waals surface area contributed by atoms with E-state index < -0.39 is 18.0 Å². The maximum Gasteiger partial charge on any atom is 0.342 e. The first kappa shape index (κ1) is 43.1. The largest absolute Gasteiger partial charge is 0.494 e. The third-order valence-electron chi connectivity index (χ3n) is 11.5. The maximum absolute atomic E-state index is 13.5. The molecule has 2 aromatic heterocycles. The number of carbonyl (C=O) groups excluding carboxylic acids is 5. The van der Waals surface area contributed by atoms with Crippen LogP contribution in [0.3, 0.4) is 0 Å². The molecular formula is C44H43ClN12O7S. The van der Waals surface area contributed by atoms with Gasteiger partial charge in [-0.25, -0.2) is 14.8 Å². The van der Waals surface area contributed by atoms with E-state index in [1.165, 1.54) is 17.1 Å². The van der Waals surface area contributed by atoms with Gasteiger partial charge in [-0.3, -0.25) is 34.1 Å². The summed E-state index contributed by atoms with van der Waals surface area (Å²) in [5.74, 6) is 0.823. The van der Waals surface area contributed by atoms with Gasteiger partial charge in [-0.2, -0.15) is 10.2 Å². The van der Waals surface area contributed by atoms with Crippen molar-refractivity contribution >= 4 is 75.4 Å². The van der Waals surface area contributed by atoms with E-state index in [1.807, 2.05) is 40.7 Å². The number of aromatic nitrogens is 3. The molecule has 9 rings (SSSR count). The summed E-state index contributed by atoms with van der Waals surface area (Å²) >= 11 is 7.88. The van der Waals surface area contributed by atoms with Gasteiger partial charge in [0.25, 0.3) is 5.91 Å². The van der Waals surface area contributed by atoms with Crippen LogP contribution in [0.15, 0.2) is 69.8 Å². The zero-order valence-corrected chi connectivity index (χ0v) is 37.4. The van der Waals surface area contributed by atoms with Crippen LogP contribution in [0.25, 0.3) is 5.00 Å². The van der Waals surface area contributed by atoms with Gasteiger partial charge in [0, 0.05) is 63.8 Å². The van der Waals surface area contributed by atoms with Gasteiger partial charge in [0.2, 0.25) is 17.7 Å². The van der Waals surface area contributed by atoms with Crippen molar-refractivity contribution in [2.45, 2.75) is 46.2 Å². The summed E-state index contributed by atoms with van der Waals surface area (Å²) in [6.07, 6.45) is 0.0925. The van der Waals surface area contributed by atoms with Crippen LogP contribution in [0, 0.1) is 20.8 Å². The van der Waals surface area contributed by atoms with Gasteiger partial charge in [0.05, 0.1) is 56.8 Å². The fourth-order valence-electron chi connectivity index (χ4n) is 8.24. The predicted octanol–water partition coefficient (Wildman–Crippen LogP) is 5.56. The highest BCUT2D eigenvalue weighted by Crippen LogP contribution is 2.44. The number of methoxy groups -OCH3 is 1. The summed E-state index contributed by atoms with van der Waals surface area (Å²) in [7, 11) is 1.51. The van der Waals surface area contributed by atoms with Gasteiger partial charge in [-0.1, -0.05) is 29.8 Å². The standard InChI is InChI=1S/C44H43ClN12O7S/c1-23-24(2)65-43-38(23)39(26-8-10-27(45)11-9-26)48-32(41-53-50-25(3)57(41)43)20-36(59)46-13-14-47-37(60)22-54-16-17-64-34-19-28(18-33(63-4)40(34)54)51-52-31-7-5-6-29-30(31)21-56(42(29)61)55-15-12-35(58)49-44(55)62/h5-11,18-19,32H,12-17,20-22H2,1-4H3,(H,46,59)(H,47,60)(H,49,58,62)/b52-51-/t32-/m0/s1. The lowest BCUT2D eigenvalue weighted by Crippen LogP contribution is -2.56. The van der Waals surface area contributed by atoms with Crippen molar-refractivity contribution in [2.75, 3.05) is 51.3 Å². The van der Waals surface area contributed by atoms with Crippen LogP contribution in [0.5, 0.6) is 11.5 Å². The Morgan fingerprint density at radius 1 is 0.985 bits per heavy atom. The lowest BCUT2D eigenvalue weighted by Gasteiger charge is -2.33. The molecule has 3 N–H and O–H groups in total. The molecule has 4 aliphatic rings. The first-order valence-electron chi connectivity index (χ1n) is 20.8. The summed E-state index contributed by atoms with van der Waals surface area (Å²) in [5, 5.41) is 29.9.